The molecular formula is C16H23Cl2N3OS. The number of likely N-dealkylation sites (tertiary alicyclic amines) is 1. The van der Waals surface area contributed by atoms with Crippen molar-refractivity contribution in [2.45, 2.75) is 38.1 Å². The van der Waals surface area contributed by atoms with Crippen LogP contribution in [0.2, 0.25) is 0 Å². The second-order valence-electron chi connectivity index (χ2n) is 5.67. The van der Waals surface area contributed by atoms with E-state index >= 15 is 0 Å². The number of benzene rings is 1. The van der Waals surface area contributed by atoms with Crippen molar-refractivity contribution in [2.24, 2.45) is 5.73 Å². The summed E-state index contributed by atoms with van der Waals surface area (Å²) in [5.41, 5.74) is 6.91. The summed E-state index contributed by atoms with van der Waals surface area (Å²) < 4.78 is 1.25. The smallest absolute Gasteiger partial charge is 0.222 e. The molecule has 23 heavy (non-hydrogen) atoms. The third-order valence-corrected chi connectivity index (χ3v) is 5.04. The van der Waals surface area contributed by atoms with Crippen molar-refractivity contribution in [2.75, 3.05) is 13.1 Å². The minimum atomic E-state index is 0. The van der Waals surface area contributed by atoms with Crippen LogP contribution in [0.25, 0.3) is 10.2 Å². The molecule has 1 atom stereocenters. The zero-order valence-corrected chi connectivity index (χ0v) is 15.4. The molecule has 2 aromatic rings. The molecule has 2 N–H and O–H groups in total. The van der Waals surface area contributed by atoms with Crippen molar-refractivity contribution in [3.8, 4) is 0 Å². The Morgan fingerprint density at radius 2 is 2.09 bits per heavy atom. The number of aryl methyl sites for hydroxylation is 1. The van der Waals surface area contributed by atoms with Crippen LogP contribution in [0.1, 0.15) is 30.7 Å². The van der Waals surface area contributed by atoms with Gasteiger partial charge in [-0.1, -0.05) is 12.1 Å². The van der Waals surface area contributed by atoms with Gasteiger partial charge >= 0.3 is 0 Å². The Bertz CT molecular complexity index is 602. The summed E-state index contributed by atoms with van der Waals surface area (Å²) in [5.74, 6) is 0.257. The quantitative estimate of drug-likeness (QED) is 0.814. The number of hydrogen-bond acceptors (Lipinski definition) is 4. The third kappa shape index (κ3) is 5.31. The van der Waals surface area contributed by atoms with Gasteiger partial charge in [-0.2, -0.15) is 0 Å². The third-order valence-electron chi connectivity index (χ3n) is 3.95. The van der Waals surface area contributed by atoms with Gasteiger partial charge in [0.15, 0.2) is 0 Å². The standard InChI is InChI=1S/C16H21N3OS.2ClH/c17-12-9-10-19(11-12)16(20)8-4-3-7-15-18-13-5-1-2-6-14(13)21-15;;/h1-2,5-6,12H,3-4,7-11,17H2;2*1H/t12-;;/m1../s1. The number of nitrogens with two attached hydrogens (primary N) is 1. The van der Waals surface area contributed by atoms with E-state index in [4.69, 9.17) is 5.73 Å². The summed E-state index contributed by atoms with van der Waals surface area (Å²) in [6, 6.07) is 8.40. The van der Waals surface area contributed by atoms with Crippen LogP contribution >= 0.6 is 36.2 Å². The monoisotopic (exact) mass is 375 g/mol. The molecule has 1 fully saturated rings. The van der Waals surface area contributed by atoms with E-state index in [1.807, 2.05) is 17.0 Å². The van der Waals surface area contributed by atoms with E-state index in [1.165, 1.54) is 9.71 Å². The van der Waals surface area contributed by atoms with E-state index in [2.05, 4.69) is 17.1 Å². The van der Waals surface area contributed by atoms with Crippen molar-refractivity contribution in [3.63, 3.8) is 0 Å². The molecule has 0 bridgehead atoms. The highest BCUT2D eigenvalue weighted by Gasteiger charge is 2.22. The number of thiazole rings is 1. The highest BCUT2D eigenvalue weighted by Crippen LogP contribution is 2.23. The zero-order valence-electron chi connectivity index (χ0n) is 12.9. The summed E-state index contributed by atoms with van der Waals surface area (Å²) in [7, 11) is 0. The van der Waals surface area contributed by atoms with Crippen LogP contribution in [-0.4, -0.2) is 34.9 Å². The van der Waals surface area contributed by atoms with E-state index in [1.54, 1.807) is 11.3 Å². The average Bonchev–Trinajstić information content (AvgIpc) is 3.09. The Morgan fingerprint density at radius 3 is 2.78 bits per heavy atom. The zero-order chi connectivity index (χ0) is 14.7. The number of halogens is 2. The molecule has 1 aliphatic rings. The second kappa shape index (κ2) is 9.42. The van der Waals surface area contributed by atoms with Crippen molar-refractivity contribution < 1.29 is 4.79 Å². The van der Waals surface area contributed by atoms with Crippen LogP contribution < -0.4 is 5.73 Å². The molecule has 3 rings (SSSR count). The SMILES string of the molecule is Cl.Cl.N[C@@H]1CCN(C(=O)CCCCc2nc3ccccc3s2)C1. The number of carbonyl (C=O) groups is 1. The molecule has 1 saturated heterocycles. The van der Waals surface area contributed by atoms with E-state index in [-0.39, 0.29) is 36.8 Å². The molecule has 128 valence electrons. The number of aromatic nitrogens is 1. The van der Waals surface area contributed by atoms with Gasteiger partial charge in [0.2, 0.25) is 5.91 Å². The van der Waals surface area contributed by atoms with Crippen LogP contribution in [0.5, 0.6) is 0 Å². The second-order valence-corrected chi connectivity index (χ2v) is 6.79. The maximum atomic E-state index is 12.0. The number of amides is 1. The van der Waals surface area contributed by atoms with Crippen LogP contribution in [-0.2, 0) is 11.2 Å². The van der Waals surface area contributed by atoms with Gasteiger partial charge in [-0.3, -0.25) is 4.79 Å². The normalized spacial score (nSPS) is 16.9. The van der Waals surface area contributed by atoms with Gasteiger partial charge in [0.05, 0.1) is 15.2 Å². The molecule has 0 saturated carbocycles. The lowest BCUT2D eigenvalue weighted by Crippen LogP contribution is -2.31. The molecule has 0 unspecified atom stereocenters. The lowest BCUT2D eigenvalue weighted by atomic mass is 10.2. The van der Waals surface area contributed by atoms with Crippen molar-refractivity contribution in [1.82, 2.24) is 9.88 Å². The van der Waals surface area contributed by atoms with Gasteiger partial charge in [-0.25, -0.2) is 4.98 Å². The number of hydrogen-bond donors (Lipinski definition) is 1. The van der Waals surface area contributed by atoms with Crippen LogP contribution in [0, 0.1) is 0 Å². The molecular weight excluding hydrogens is 353 g/mol. The Hall–Kier alpha value is -0.880. The minimum Gasteiger partial charge on any atom is -0.341 e. The van der Waals surface area contributed by atoms with E-state index in [0.717, 1.165) is 44.3 Å². The molecule has 1 aliphatic heterocycles. The highest BCUT2D eigenvalue weighted by atomic mass is 35.5. The van der Waals surface area contributed by atoms with Gasteiger partial charge in [0.25, 0.3) is 0 Å². The topological polar surface area (TPSA) is 59.2 Å². The predicted octanol–water partition coefficient (Wildman–Crippen LogP) is 3.41. The molecule has 1 amide bonds. The molecule has 2 heterocycles. The number of fused-ring (bicyclic) bond motifs is 1. The van der Waals surface area contributed by atoms with Gasteiger partial charge in [0, 0.05) is 25.6 Å². The molecule has 7 heteroatoms. The maximum Gasteiger partial charge on any atom is 0.222 e. The largest absolute Gasteiger partial charge is 0.341 e. The summed E-state index contributed by atoms with van der Waals surface area (Å²) >= 11 is 1.76. The molecule has 1 aromatic carbocycles. The Morgan fingerprint density at radius 1 is 1.30 bits per heavy atom. The van der Waals surface area contributed by atoms with E-state index in [0.29, 0.717) is 6.42 Å². The molecule has 4 nitrogen and oxygen atoms in total. The number of nitrogens with zero attached hydrogens (tertiary/aromatic N) is 2. The average molecular weight is 376 g/mol. The predicted molar refractivity (Wildman–Crippen MR) is 101 cm³/mol. The van der Waals surface area contributed by atoms with E-state index in [9.17, 15) is 4.79 Å². The first-order chi connectivity index (χ1) is 10.2. The first-order valence-corrected chi connectivity index (χ1v) is 8.42. The Balaban J connectivity index is 0.00000132. The molecule has 0 spiro atoms. The van der Waals surface area contributed by atoms with Gasteiger partial charge < -0.3 is 10.6 Å². The summed E-state index contributed by atoms with van der Waals surface area (Å²) in [6.07, 6.45) is 4.49. The van der Waals surface area contributed by atoms with Crippen LogP contribution in [0.15, 0.2) is 24.3 Å². The fourth-order valence-corrected chi connectivity index (χ4v) is 3.76. The fourth-order valence-electron chi connectivity index (χ4n) is 2.75. The lowest BCUT2D eigenvalue weighted by Gasteiger charge is -2.15. The fraction of sp³-hybridized carbons (Fsp3) is 0.500. The Kier molecular flexibility index (Phi) is 8.26. The number of para-hydroxylation sites is 1. The van der Waals surface area contributed by atoms with Gasteiger partial charge in [0.1, 0.15) is 0 Å². The van der Waals surface area contributed by atoms with E-state index < -0.39 is 0 Å². The number of rotatable bonds is 5. The number of carbonyl (C=O) groups excluding carboxylic acids is 1. The molecule has 0 aliphatic carbocycles. The minimum absolute atomic E-state index is 0. The first-order valence-electron chi connectivity index (χ1n) is 7.60. The van der Waals surface area contributed by atoms with Crippen molar-refractivity contribution in [3.05, 3.63) is 29.3 Å². The lowest BCUT2D eigenvalue weighted by molar-refractivity contribution is -0.130. The highest BCUT2D eigenvalue weighted by molar-refractivity contribution is 7.18. The summed E-state index contributed by atoms with van der Waals surface area (Å²) in [5, 5.41) is 1.17. The molecule has 0 radical (unpaired) electrons. The van der Waals surface area contributed by atoms with Crippen LogP contribution in [0.4, 0.5) is 0 Å². The summed E-state index contributed by atoms with van der Waals surface area (Å²) in [4.78, 5) is 18.5. The molecule has 1 aromatic heterocycles. The van der Waals surface area contributed by atoms with Crippen molar-refractivity contribution in [1.29, 1.82) is 0 Å². The van der Waals surface area contributed by atoms with Gasteiger partial charge in [-0.15, -0.1) is 36.2 Å². The van der Waals surface area contributed by atoms with Crippen molar-refractivity contribution >= 4 is 52.3 Å². The Labute approximate surface area is 153 Å². The first kappa shape index (κ1) is 20.2. The van der Waals surface area contributed by atoms with Gasteiger partial charge in [-0.05, 0) is 37.8 Å². The summed E-state index contributed by atoms with van der Waals surface area (Å²) in [6.45, 7) is 1.56. The maximum absolute atomic E-state index is 12.0. The number of unbranched alkanes of at least 4 members (excludes halogenated alkanes) is 1. The van der Waals surface area contributed by atoms with Crippen LogP contribution in [0.3, 0.4) is 0 Å².